The highest BCUT2D eigenvalue weighted by molar-refractivity contribution is 5.97. The van der Waals surface area contributed by atoms with Crippen molar-refractivity contribution in [2.24, 2.45) is 5.73 Å². The quantitative estimate of drug-likeness (QED) is 0.825. The second-order valence-electron chi connectivity index (χ2n) is 5.58. The van der Waals surface area contributed by atoms with Gasteiger partial charge in [-0.15, -0.1) is 0 Å². The average Bonchev–Trinajstić information content (AvgIpc) is 2.39. The highest BCUT2D eigenvalue weighted by Gasteiger charge is 2.30. The molecule has 1 saturated carbocycles. The van der Waals surface area contributed by atoms with Gasteiger partial charge in [0.1, 0.15) is 0 Å². The Labute approximate surface area is 110 Å². The van der Waals surface area contributed by atoms with E-state index in [1.165, 1.54) is 24.8 Å². The summed E-state index contributed by atoms with van der Waals surface area (Å²) in [5.41, 5.74) is 8.14. The molecule has 2 rings (SSSR count). The minimum atomic E-state index is -0.252. The molecular formula is C16H23NO. The van der Waals surface area contributed by atoms with Gasteiger partial charge in [0.2, 0.25) is 0 Å². The molecule has 0 aromatic heterocycles. The van der Waals surface area contributed by atoms with E-state index in [1.807, 2.05) is 18.2 Å². The maximum absolute atomic E-state index is 12.3. The molecule has 0 heterocycles. The lowest BCUT2D eigenvalue weighted by molar-refractivity contribution is 0.0934. The average molecular weight is 245 g/mol. The first-order valence-corrected chi connectivity index (χ1v) is 7.04. The Morgan fingerprint density at radius 3 is 2.67 bits per heavy atom. The molecule has 0 atom stereocenters. The van der Waals surface area contributed by atoms with Gasteiger partial charge in [-0.2, -0.15) is 0 Å². The Kier molecular flexibility index (Phi) is 4.18. The van der Waals surface area contributed by atoms with Crippen LogP contribution in [-0.4, -0.2) is 11.3 Å². The van der Waals surface area contributed by atoms with Gasteiger partial charge in [0.15, 0.2) is 5.78 Å². The van der Waals surface area contributed by atoms with E-state index in [4.69, 9.17) is 5.73 Å². The lowest BCUT2D eigenvalue weighted by atomic mass is 9.78. The number of carbonyl (C=O) groups is 1. The Bertz CT molecular complexity index is 419. The van der Waals surface area contributed by atoms with E-state index >= 15 is 0 Å². The van der Waals surface area contributed by atoms with Gasteiger partial charge >= 0.3 is 0 Å². The fraction of sp³-hybridized carbons (Fsp3) is 0.562. The molecule has 1 fully saturated rings. The zero-order valence-electron chi connectivity index (χ0n) is 11.2. The summed E-state index contributed by atoms with van der Waals surface area (Å²) in [6.07, 6.45) is 7.05. The first-order chi connectivity index (χ1) is 8.63. The van der Waals surface area contributed by atoms with E-state index in [9.17, 15) is 4.79 Å². The number of rotatable bonds is 4. The van der Waals surface area contributed by atoms with Crippen molar-refractivity contribution in [3.63, 3.8) is 0 Å². The molecule has 2 N–H and O–H groups in total. The third-order valence-corrected chi connectivity index (χ3v) is 4.02. The number of nitrogens with two attached hydrogens (primary N) is 1. The highest BCUT2D eigenvalue weighted by Crippen LogP contribution is 2.29. The van der Waals surface area contributed by atoms with Crippen LogP contribution in [0.4, 0.5) is 0 Å². The smallest absolute Gasteiger partial charge is 0.164 e. The number of Topliss-reactive ketones (excluding diaryl/α,β-unsaturated/α-hetero) is 1. The van der Waals surface area contributed by atoms with E-state index in [1.54, 1.807) is 0 Å². The number of benzene rings is 1. The summed E-state index contributed by atoms with van der Waals surface area (Å²) >= 11 is 0. The fourth-order valence-corrected chi connectivity index (χ4v) is 2.82. The molecular weight excluding hydrogens is 222 g/mol. The third kappa shape index (κ3) is 3.20. The van der Waals surface area contributed by atoms with Crippen molar-refractivity contribution in [2.75, 3.05) is 0 Å². The summed E-state index contributed by atoms with van der Waals surface area (Å²) < 4.78 is 0. The summed E-state index contributed by atoms with van der Waals surface area (Å²) in [4.78, 5) is 12.3. The van der Waals surface area contributed by atoms with E-state index in [2.05, 4.69) is 13.0 Å². The van der Waals surface area contributed by atoms with Crippen molar-refractivity contribution in [3.05, 3.63) is 35.4 Å². The van der Waals surface area contributed by atoms with Gasteiger partial charge < -0.3 is 5.73 Å². The first kappa shape index (κ1) is 13.3. The molecule has 1 aromatic rings. The summed E-state index contributed by atoms with van der Waals surface area (Å²) in [6.45, 7) is 2.11. The monoisotopic (exact) mass is 245 g/mol. The molecule has 0 radical (unpaired) electrons. The Morgan fingerprint density at radius 2 is 2.00 bits per heavy atom. The predicted octanol–water partition coefficient (Wildman–Crippen LogP) is 3.48. The second-order valence-corrected chi connectivity index (χ2v) is 5.58. The van der Waals surface area contributed by atoms with Crippen LogP contribution < -0.4 is 5.73 Å². The SMILES string of the molecule is CCc1cccc(C(=O)CC2(N)CCCCC2)c1. The highest BCUT2D eigenvalue weighted by atomic mass is 16.1. The molecule has 0 bridgehead atoms. The van der Waals surface area contributed by atoms with Crippen LogP contribution in [0.25, 0.3) is 0 Å². The number of hydrogen-bond donors (Lipinski definition) is 1. The van der Waals surface area contributed by atoms with Crippen LogP contribution in [0.2, 0.25) is 0 Å². The third-order valence-electron chi connectivity index (χ3n) is 4.02. The van der Waals surface area contributed by atoms with Crippen LogP contribution in [0, 0.1) is 0 Å². The molecule has 0 unspecified atom stereocenters. The van der Waals surface area contributed by atoms with Crippen molar-refractivity contribution < 1.29 is 4.79 Å². The van der Waals surface area contributed by atoms with E-state index in [0.29, 0.717) is 6.42 Å². The maximum atomic E-state index is 12.3. The van der Waals surface area contributed by atoms with Gasteiger partial charge in [0.05, 0.1) is 0 Å². The summed E-state index contributed by atoms with van der Waals surface area (Å²) in [5.74, 6) is 0.203. The minimum Gasteiger partial charge on any atom is -0.325 e. The number of carbonyl (C=O) groups excluding carboxylic acids is 1. The zero-order valence-corrected chi connectivity index (χ0v) is 11.2. The number of aryl methyl sites for hydroxylation is 1. The molecule has 0 spiro atoms. The molecule has 1 aliphatic carbocycles. The molecule has 98 valence electrons. The van der Waals surface area contributed by atoms with Crippen molar-refractivity contribution in [1.82, 2.24) is 0 Å². The zero-order chi connectivity index (χ0) is 13.0. The van der Waals surface area contributed by atoms with Gasteiger partial charge in [-0.3, -0.25) is 4.79 Å². The molecule has 2 heteroatoms. The van der Waals surface area contributed by atoms with E-state index in [0.717, 1.165) is 24.8 Å². The van der Waals surface area contributed by atoms with E-state index < -0.39 is 0 Å². The van der Waals surface area contributed by atoms with Gasteiger partial charge in [0.25, 0.3) is 0 Å². The normalized spacial score (nSPS) is 18.6. The molecule has 0 saturated heterocycles. The van der Waals surface area contributed by atoms with Crippen LogP contribution in [0.3, 0.4) is 0 Å². The summed E-state index contributed by atoms with van der Waals surface area (Å²) in [7, 11) is 0. The van der Waals surface area contributed by atoms with Crippen LogP contribution in [0.15, 0.2) is 24.3 Å². The van der Waals surface area contributed by atoms with Crippen molar-refractivity contribution in [3.8, 4) is 0 Å². The van der Waals surface area contributed by atoms with E-state index in [-0.39, 0.29) is 11.3 Å². The Morgan fingerprint density at radius 1 is 1.28 bits per heavy atom. The fourth-order valence-electron chi connectivity index (χ4n) is 2.82. The van der Waals surface area contributed by atoms with Gasteiger partial charge in [-0.1, -0.05) is 44.4 Å². The van der Waals surface area contributed by atoms with Crippen molar-refractivity contribution in [2.45, 2.75) is 57.4 Å². The molecule has 0 aliphatic heterocycles. The lowest BCUT2D eigenvalue weighted by Gasteiger charge is -2.32. The van der Waals surface area contributed by atoms with Crippen LogP contribution in [0.5, 0.6) is 0 Å². The molecule has 0 amide bonds. The minimum absolute atomic E-state index is 0.203. The number of hydrogen-bond acceptors (Lipinski definition) is 2. The largest absolute Gasteiger partial charge is 0.325 e. The molecule has 1 aromatic carbocycles. The van der Waals surface area contributed by atoms with Gasteiger partial charge in [-0.25, -0.2) is 0 Å². The first-order valence-electron chi connectivity index (χ1n) is 7.04. The predicted molar refractivity (Wildman–Crippen MR) is 74.8 cm³/mol. The molecule has 2 nitrogen and oxygen atoms in total. The molecule has 18 heavy (non-hydrogen) atoms. The number of ketones is 1. The van der Waals surface area contributed by atoms with Crippen LogP contribution >= 0.6 is 0 Å². The summed E-state index contributed by atoms with van der Waals surface area (Å²) in [6, 6.07) is 7.95. The summed E-state index contributed by atoms with van der Waals surface area (Å²) in [5, 5.41) is 0. The topological polar surface area (TPSA) is 43.1 Å². The second kappa shape index (κ2) is 5.66. The maximum Gasteiger partial charge on any atom is 0.164 e. The molecule has 1 aliphatic rings. The standard InChI is InChI=1S/C16H23NO/c1-2-13-7-6-8-14(11-13)15(18)12-16(17)9-4-3-5-10-16/h6-8,11H,2-5,9-10,12,17H2,1H3. The van der Waals surface area contributed by atoms with Crippen molar-refractivity contribution >= 4 is 5.78 Å². The Balaban J connectivity index is 2.06. The Hall–Kier alpha value is -1.15. The lowest BCUT2D eigenvalue weighted by Crippen LogP contribution is -2.43. The van der Waals surface area contributed by atoms with Gasteiger partial charge in [0, 0.05) is 17.5 Å². The van der Waals surface area contributed by atoms with Gasteiger partial charge in [-0.05, 0) is 30.9 Å². The van der Waals surface area contributed by atoms with Crippen LogP contribution in [-0.2, 0) is 6.42 Å². The van der Waals surface area contributed by atoms with Crippen LogP contribution in [0.1, 0.15) is 61.4 Å². The van der Waals surface area contributed by atoms with Crippen molar-refractivity contribution in [1.29, 1.82) is 0 Å².